The van der Waals surface area contributed by atoms with Crippen LogP contribution in [0.4, 0.5) is 5.69 Å². The summed E-state index contributed by atoms with van der Waals surface area (Å²) in [5, 5.41) is 20.3. The van der Waals surface area contributed by atoms with Crippen LogP contribution in [0.25, 0.3) is 6.08 Å². The summed E-state index contributed by atoms with van der Waals surface area (Å²) in [4.78, 5) is 22.9. The van der Waals surface area contributed by atoms with E-state index in [1.54, 1.807) is 20.1 Å². The molecule has 8 heteroatoms. The van der Waals surface area contributed by atoms with Gasteiger partial charge in [-0.1, -0.05) is 12.1 Å². The zero-order valence-corrected chi connectivity index (χ0v) is 16.8. The van der Waals surface area contributed by atoms with Crippen molar-refractivity contribution in [3.8, 4) is 6.07 Å². The second-order valence-electron chi connectivity index (χ2n) is 6.54. The minimum atomic E-state index is -0.784. The molecule has 0 fully saturated rings. The van der Waals surface area contributed by atoms with Gasteiger partial charge in [0.1, 0.15) is 17.7 Å². The Morgan fingerprint density at radius 1 is 1.38 bits per heavy atom. The monoisotopic (exact) mass is 397 g/mol. The number of methoxy groups -OCH3 is 1. The van der Waals surface area contributed by atoms with E-state index in [2.05, 4.69) is 0 Å². The minimum Gasteiger partial charge on any atom is -0.454 e. The second-order valence-corrected chi connectivity index (χ2v) is 6.54. The normalized spacial score (nSPS) is 12.3. The largest absolute Gasteiger partial charge is 0.454 e. The van der Waals surface area contributed by atoms with Crippen molar-refractivity contribution >= 4 is 17.7 Å². The molecule has 8 nitrogen and oxygen atoms in total. The van der Waals surface area contributed by atoms with Gasteiger partial charge in [-0.15, -0.1) is 0 Å². The molecule has 152 valence electrons. The van der Waals surface area contributed by atoms with Crippen LogP contribution >= 0.6 is 0 Å². The maximum absolute atomic E-state index is 12.5. The highest BCUT2D eigenvalue weighted by molar-refractivity contribution is 5.98. The Hall–Kier alpha value is -3.44. The molecule has 29 heavy (non-hydrogen) atoms. The average molecular weight is 397 g/mol. The number of hydrogen-bond acceptors (Lipinski definition) is 6. The molecule has 0 aliphatic carbocycles. The van der Waals surface area contributed by atoms with Gasteiger partial charge in [0.25, 0.3) is 5.69 Å². The summed E-state index contributed by atoms with van der Waals surface area (Å²) in [6.45, 7) is 6.66. The molecule has 0 saturated carbocycles. The van der Waals surface area contributed by atoms with E-state index in [0.29, 0.717) is 18.7 Å². The highest BCUT2D eigenvalue weighted by Gasteiger charge is 2.19. The number of aryl methyl sites for hydroxylation is 1. The third-order valence-corrected chi connectivity index (χ3v) is 4.61. The molecule has 1 aromatic carbocycles. The van der Waals surface area contributed by atoms with Crippen LogP contribution in [0.3, 0.4) is 0 Å². The fourth-order valence-corrected chi connectivity index (χ4v) is 2.98. The molecule has 0 saturated heterocycles. The highest BCUT2D eigenvalue weighted by Crippen LogP contribution is 2.24. The molecule has 0 aliphatic heterocycles. The predicted molar refractivity (Wildman–Crippen MR) is 107 cm³/mol. The Morgan fingerprint density at radius 2 is 2.10 bits per heavy atom. The quantitative estimate of drug-likeness (QED) is 0.220. The van der Waals surface area contributed by atoms with Gasteiger partial charge in [-0.3, -0.25) is 10.1 Å². The van der Waals surface area contributed by atoms with Crippen molar-refractivity contribution in [2.75, 3.05) is 13.7 Å². The van der Waals surface area contributed by atoms with Crippen molar-refractivity contribution in [1.29, 1.82) is 5.26 Å². The fraction of sp³-hybridized carbons (Fsp3) is 0.333. The van der Waals surface area contributed by atoms with Crippen LogP contribution in [0.5, 0.6) is 0 Å². The number of esters is 1. The van der Waals surface area contributed by atoms with E-state index in [1.165, 1.54) is 24.3 Å². The molecule has 1 aromatic heterocycles. The second kappa shape index (κ2) is 9.66. The van der Waals surface area contributed by atoms with E-state index in [9.17, 15) is 20.2 Å². The first-order valence-electron chi connectivity index (χ1n) is 9.01. The molecule has 1 atom stereocenters. The number of aromatic nitrogens is 1. The van der Waals surface area contributed by atoms with E-state index < -0.39 is 17.0 Å². The van der Waals surface area contributed by atoms with Gasteiger partial charge in [0, 0.05) is 37.2 Å². The summed E-state index contributed by atoms with van der Waals surface area (Å²) in [6.07, 6.45) is 0.752. The van der Waals surface area contributed by atoms with Crippen LogP contribution < -0.4 is 0 Å². The molecule has 0 N–H and O–H groups in total. The average Bonchev–Trinajstić information content (AvgIpc) is 2.96. The van der Waals surface area contributed by atoms with Crippen molar-refractivity contribution in [3.05, 3.63) is 68.5 Å². The lowest BCUT2D eigenvalue weighted by molar-refractivity contribution is -0.385. The number of carbonyl (C=O) groups excluding carboxylic acids is 1. The highest BCUT2D eigenvalue weighted by atomic mass is 16.6. The van der Waals surface area contributed by atoms with Gasteiger partial charge in [0.15, 0.2) is 0 Å². The third-order valence-electron chi connectivity index (χ3n) is 4.61. The number of benzene rings is 1. The van der Waals surface area contributed by atoms with Gasteiger partial charge in [0.05, 0.1) is 11.5 Å². The lowest BCUT2D eigenvalue weighted by Gasteiger charge is -2.13. The Balaban J connectivity index is 2.22. The van der Waals surface area contributed by atoms with Crippen molar-refractivity contribution in [2.45, 2.75) is 33.4 Å². The van der Waals surface area contributed by atoms with Crippen molar-refractivity contribution in [1.82, 2.24) is 4.57 Å². The smallest absolute Gasteiger partial charge is 0.349 e. The van der Waals surface area contributed by atoms with Crippen LogP contribution in [0.15, 0.2) is 35.9 Å². The minimum absolute atomic E-state index is 0.0926. The molecule has 1 heterocycles. The van der Waals surface area contributed by atoms with Gasteiger partial charge in [0.2, 0.25) is 0 Å². The van der Waals surface area contributed by atoms with Gasteiger partial charge in [-0.2, -0.15) is 5.26 Å². The summed E-state index contributed by atoms with van der Waals surface area (Å²) in [7, 11) is 1.63. The van der Waals surface area contributed by atoms with Gasteiger partial charge >= 0.3 is 5.97 Å². The van der Waals surface area contributed by atoms with E-state index in [0.717, 1.165) is 17.0 Å². The summed E-state index contributed by atoms with van der Waals surface area (Å²) in [5.41, 5.74) is 2.88. The van der Waals surface area contributed by atoms with Crippen LogP contribution in [-0.2, 0) is 20.8 Å². The van der Waals surface area contributed by atoms with E-state index in [1.807, 2.05) is 30.6 Å². The molecular weight excluding hydrogens is 374 g/mol. The van der Waals surface area contributed by atoms with Crippen molar-refractivity contribution < 1.29 is 19.2 Å². The van der Waals surface area contributed by atoms with Gasteiger partial charge < -0.3 is 14.0 Å². The number of carbonyl (C=O) groups is 1. The number of hydrogen-bond donors (Lipinski definition) is 0. The van der Waals surface area contributed by atoms with Gasteiger partial charge in [-0.05, 0) is 44.0 Å². The summed E-state index contributed by atoms with van der Waals surface area (Å²) in [6, 6.07) is 9.62. The number of nitro benzene ring substituents is 1. The molecule has 0 amide bonds. The van der Waals surface area contributed by atoms with Crippen LogP contribution in [-0.4, -0.2) is 29.2 Å². The standard InChI is InChI=1S/C21H23N3O5/c1-14-10-18(15(2)23(14)8-9-28-4)11-19(13-22)21(25)29-16(3)17-6-5-7-20(12-17)24(26)27/h5-7,10-12,16H,8-9H2,1-4H3/b19-11+/t16-/m0/s1. The molecule has 0 bridgehead atoms. The number of rotatable bonds is 8. The first-order valence-corrected chi connectivity index (χ1v) is 9.01. The zero-order chi connectivity index (χ0) is 21.6. The number of ether oxygens (including phenoxy) is 2. The number of nitro groups is 1. The van der Waals surface area contributed by atoms with Crippen LogP contribution in [0.1, 0.15) is 35.5 Å². The van der Waals surface area contributed by atoms with Crippen molar-refractivity contribution in [2.24, 2.45) is 0 Å². The molecular formula is C21H23N3O5. The molecule has 0 unspecified atom stereocenters. The Kier molecular flexibility index (Phi) is 7.28. The van der Waals surface area contributed by atoms with Crippen LogP contribution in [0, 0.1) is 35.3 Å². The lowest BCUT2D eigenvalue weighted by Crippen LogP contribution is -2.11. The first kappa shape index (κ1) is 21.9. The molecule has 0 spiro atoms. The fourth-order valence-electron chi connectivity index (χ4n) is 2.98. The lowest BCUT2D eigenvalue weighted by atomic mass is 10.1. The number of non-ortho nitro benzene ring substituents is 1. The van der Waals surface area contributed by atoms with E-state index in [4.69, 9.17) is 9.47 Å². The Morgan fingerprint density at radius 3 is 2.72 bits per heavy atom. The summed E-state index contributed by atoms with van der Waals surface area (Å²) < 4.78 is 12.5. The maximum atomic E-state index is 12.5. The van der Waals surface area contributed by atoms with E-state index in [-0.39, 0.29) is 11.3 Å². The SMILES string of the molecule is COCCn1c(C)cc(/C=C(\C#N)C(=O)O[C@@H](C)c2cccc([N+](=O)[O-])c2)c1C. The Bertz CT molecular complexity index is 985. The predicted octanol–water partition coefficient (Wildman–Crippen LogP) is 3.87. The van der Waals surface area contributed by atoms with Crippen molar-refractivity contribution in [3.63, 3.8) is 0 Å². The Labute approximate surface area is 169 Å². The summed E-state index contributed by atoms with van der Waals surface area (Å²) >= 11 is 0. The van der Waals surface area contributed by atoms with Crippen LogP contribution in [0.2, 0.25) is 0 Å². The van der Waals surface area contributed by atoms with E-state index >= 15 is 0 Å². The number of nitriles is 1. The molecule has 2 rings (SSSR count). The first-order chi connectivity index (χ1) is 13.8. The molecule has 0 radical (unpaired) electrons. The van der Waals surface area contributed by atoms with Gasteiger partial charge in [-0.25, -0.2) is 4.79 Å². The summed E-state index contributed by atoms with van der Waals surface area (Å²) in [5.74, 6) is -0.784. The molecule has 0 aliphatic rings. The maximum Gasteiger partial charge on any atom is 0.349 e. The number of nitrogens with zero attached hydrogens (tertiary/aromatic N) is 3. The topological polar surface area (TPSA) is 107 Å². The molecule has 2 aromatic rings. The zero-order valence-electron chi connectivity index (χ0n) is 16.8. The third kappa shape index (κ3) is 5.30.